The van der Waals surface area contributed by atoms with Crippen LogP contribution in [-0.4, -0.2) is 14.4 Å². The van der Waals surface area contributed by atoms with Crippen LogP contribution in [0.3, 0.4) is 0 Å². The summed E-state index contributed by atoms with van der Waals surface area (Å²) in [4.78, 5) is 0. The summed E-state index contributed by atoms with van der Waals surface area (Å²) in [6.45, 7) is 4.91. The fourth-order valence-corrected chi connectivity index (χ4v) is 0.702. The molecule has 2 N–H and O–H groups in total. The molecule has 8 heavy (non-hydrogen) atoms. The molecular formula is C6H14BN. The third kappa shape index (κ3) is 4.19. The van der Waals surface area contributed by atoms with Crippen LogP contribution in [0.25, 0.3) is 0 Å². The zero-order chi connectivity index (χ0) is 6.57. The first-order valence-electron chi connectivity index (χ1n) is 3.12. The van der Waals surface area contributed by atoms with Gasteiger partial charge in [-0.1, -0.05) is 26.1 Å². The Morgan fingerprint density at radius 3 is 2.12 bits per heavy atom. The van der Waals surface area contributed by atoms with Crippen molar-refractivity contribution in [3.05, 3.63) is 0 Å². The van der Waals surface area contributed by atoms with Crippen LogP contribution in [0.5, 0.6) is 0 Å². The van der Waals surface area contributed by atoms with Crippen LogP contribution in [0.15, 0.2) is 0 Å². The average molecular weight is 111 g/mol. The molecule has 0 heterocycles. The zero-order valence-corrected chi connectivity index (χ0v) is 5.72. The van der Waals surface area contributed by atoms with Crippen molar-refractivity contribution in [1.29, 1.82) is 0 Å². The first kappa shape index (κ1) is 8.02. The minimum Gasteiger partial charge on any atom is -0.331 e. The van der Waals surface area contributed by atoms with Gasteiger partial charge in [0.2, 0.25) is 0 Å². The van der Waals surface area contributed by atoms with Crippen molar-refractivity contribution in [2.75, 3.05) is 6.54 Å². The summed E-state index contributed by atoms with van der Waals surface area (Å²) in [7, 11) is 5.55. The molecule has 0 aromatic carbocycles. The summed E-state index contributed by atoms with van der Waals surface area (Å²) < 4.78 is 0. The van der Waals surface area contributed by atoms with Crippen LogP contribution < -0.4 is 5.73 Å². The van der Waals surface area contributed by atoms with Gasteiger partial charge >= 0.3 is 0 Å². The number of hydrogen-bond acceptors (Lipinski definition) is 1. The first-order chi connectivity index (χ1) is 3.66. The molecule has 0 fully saturated rings. The van der Waals surface area contributed by atoms with Gasteiger partial charge in [-0.2, -0.15) is 0 Å². The predicted molar refractivity (Wildman–Crippen MR) is 38.0 cm³/mol. The second kappa shape index (κ2) is 3.96. The number of nitrogens with two attached hydrogens (primary N) is 1. The van der Waals surface area contributed by atoms with Gasteiger partial charge in [0.1, 0.15) is 0 Å². The largest absolute Gasteiger partial charge is 0.331 e. The third-order valence-electron chi connectivity index (χ3n) is 1.08. The molecule has 0 aliphatic rings. The van der Waals surface area contributed by atoms with E-state index in [0.717, 1.165) is 6.42 Å². The molecule has 0 saturated heterocycles. The third-order valence-corrected chi connectivity index (χ3v) is 1.08. The lowest BCUT2D eigenvalue weighted by molar-refractivity contribution is 0.561. The van der Waals surface area contributed by atoms with Crippen molar-refractivity contribution in [3.8, 4) is 0 Å². The molecule has 0 aliphatic heterocycles. The van der Waals surface area contributed by atoms with Gasteiger partial charge in [-0.15, -0.1) is 0 Å². The van der Waals surface area contributed by atoms with E-state index >= 15 is 0 Å². The Kier molecular flexibility index (Phi) is 3.97. The monoisotopic (exact) mass is 111 g/mol. The Labute approximate surface area is 53.1 Å². The fourth-order valence-electron chi connectivity index (χ4n) is 0.702. The van der Waals surface area contributed by atoms with Crippen molar-refractivity contribution in [1.82, 2.24) is 0 Å². The molecule has 0 aromatic rings. The van der Waals surface area contributed by atoms with E-state index in [1.54, 1.807) is 0 Å². The summed E-state index contributed by atoms with van der Waals surface area (Å²) in [5, 5.41) is 0. The van der Waals surface area contributed by atoms with Crippen LogP contribution in [0, 0.1) is 5.92 Å². The molecule has 2 heteroatoms. The SMILES string of the molecule is [B]C(CN)CC(C)C. The molecule has 0 spiro atoms. The first-order valence-corrected chi connectivity index (χ1v) is 3.12. The Bertz CT molecular complexity index is 54.5. The Hall–Kier alpha value is 0.0249. The number of hydrogen-bond donors (Lipinski definition) is 1. The molecule has 0 aliphatic carbocycles. The van der Waals surface area contributed by atoms with Crippen molar-refractivity contribution in [3.63, 3.8) is 0 Å². The van der Waals surface area contributed by atoms with Crippen molar-refractivity contribution >= 4 is 7.85 Å². The zero-order valence-electron chi connectivity index (χ0n) is 5.72. The van der Waals surface area contributed by atoms with Gasteiger partial charge in [-0.25, -0.2) is 0 Å². The highest BCUT2D eigenvalue weighted by atomic mass is 14.5. The normalized spacial score (nSPS) is 14.5. The minimum atomic E-state index is 0.204. The van der Waals surface area contributed by atoms with E-state index in [1.165, 1.54) is 0 Å². The van der Waals surface area contributed by atoms with E-state index in [9.17, 15) is 0 Å². The van der Waals surface area contributed by atoms with Crippen molar-refractivity contribution < 1.29 is 0 Å². The molecule has 1 nitrogen and oxygen atoms in total. The smallest absolute Gasteiger partial charge is 0.0716 e. The lowest BCUT2D eigenvalue weighted by atomic mass is 9.81. The summed E-state index contributed by atoms with van der Waals surface area (Å²) in [6, 6.07) is 0. The summed E-state index contributed by atoms with van der Waals surface area (Å²) >= 11 is 0. The number of rotatable bonds is 3. The fraction of sp³-hybridized carbons (Fsp3) is 1.00. The molecular weight excluding hydrogens is 96.9 g/mol. The highest BCUT2D eigenvalue weighted by molar-refractivity contribution is 6.11. The standard InChI is InChI=1S/C6H14BN/c1-5(2)3-6(7)4-8/h5-6H,3-4,8H2,1-2H3. The van der Waals surface area contributed by atoms with E-state index in [4.69, 9.17) is 13.6 Å². The molecule has 1 unspecified atom stereocenters. The molecule has 1 atom stereocenters. The Morgan fingerprint density at radius 1 is 1.50 bits per heavy atom. The summed E-state index contributed by atoms with van der Waals surface area (Å²) in [6.07, 6.45) is 1.04. The van der Waals surface area contributed by atoms with Gasteiger partial charge in [-0.3, -0.25) is 0 Å². The van der Waals surface area contributed by atoms with Gasteiger partial charge in [0.25, 0.3) is 0 Å². The molecule has 0 amide bonds. The van der Waals surface area contributed by atoms with Crippen LogP contribution in [0.4, 0.5) is 0 Å². The quantitative estimate of drug-likeness (QED) is 0.539. The molecule has 0 rings (SSSR count). The van der Waals surface area contributed by atoms with Crippen LogP contribution >= 0.6 is 0 Å². The predicted octanol–water partition coefficient (Wildman–Crippen LogP) is 0.948. The van der Waals surface area contributed by atoms with Crippen LogP contribution in [-0.2, 0) is 0 Å². The van der Waals surface area contributed by atoms with Crippen molar-refractivity contribution in [2.45, 2.75) is 26.1 Å². The topological polar surface area (TPSA) is 26.0 Å². The highest BCUT2D eigenvalue weighted by Gasteiger charge is 2.00. The van der Waals surface area contributed by atoms with Gasteiger partial charge in [0, 0.05) is 0 Å². The lowest BCUT2D eigenvalue weighted by Crippen LogP contribution is -2.10. The van der Waals surface area contributed by atoms with Gasteiger partial charge in [0.15, 0.2) is 0 Å². The molecule has 2 radical (unpaired) electrons. The van der Waals surface area contributed by atoms with Gasteiger partial charge in [0.05, 0.1) is 7.85 Å². The average Bonchev–Trinajstić information content (AvgIpc) is 1.65. The van der Waals surface area contributed by atoms with Gasteiger partial charge < -0.3 is 5.73 Å². The van der Waals surface area contributed by atoms with E-state index in [2.05, 4.69) is 13.8 Å². The molecule has 0 bridgehead atoms. The minimum absolute atomic E-state index is 0.204. The molecule has 46 valence electrons. The van der Waals surface area contributed by atoms with E-state index in [1.807, 2.05) is 0 Å². The van der Waals surface area contributed by atoms with Gasteiger partial charge in [-0.05, 0) is 12.5 Å². The highest BCUT2D eigenvalue weighted by Crippen LogP contribution is 2.10. The maximum atomic E-state index is 5.55. The molecule has 0 saturated carbocycles. The summed E-state index contributed by atoms with van der Waals surface area (Å²) in [5.41, 5.74) is 5.30. The van der Waals surface area contributed by atoms with Crippen LogP contribution in [0.2, 0.25) is 5.82 Å². The van der Waals surface area contributed by atoms with Crippen LogP contribution in [0.1, 0.15) is 20.3 Å². The maximum absolute atomic E-state index is 5.55. The lowest BCUT2D eigenvalue weighted by Gasteiger charge is -2.09. The van der Waals surface area contributed by atoms with E-state index in [0.29, 0.717) is 12.5 Å². The second-order valence-corrected chi connectivity index (χ2v) is 2.63. The van der Waals surface area contributed by atoms with E-state index < -0.39 is 0 Å². The maximum Gasteiger partial charge on any atom is 0.0716 e. The second-order valence-electron chi connectivity index (χ2n) is 2.63. The molecule has 0 aromatic heterocycles. The van der Waals surface area contributed by atoms with Crippen molar-refractivity contribution in [2.24, 2.45) is 11.7 Å². The summed E-state index contributed by atoms with van der Waals surface area (Å²) in [5.74, 6) is 0.878. The van der Waals surface area contributed by atoms with E-state index in [-0.39, 0.29) is 5.82 Å². The Morgan fingerprint density at radius 2 is 2.00 bits per heavy atom. The Balaban J connectivity index is 3.10.